The van der Waals surface area contributed by atoms with E-state index in [0.29, 0.717) is 37.6 Å². The number of nitrogens with one attached hydrogen (secondary N) is 1. The van der Waals surface area contributed by atoms with Crippen molar-refractivity contribution in [2.75, 3.05) is 31.2 Å². The van der Waals surface area contributed by atoms with Gasteiger partial charge in [0.25, 0.3) is 11.6 Å². The number of nitro groups is 1. The van der Waals surface area contributed by atoms with Gasteiger partial charge in [0, 0.05) is 30.3 Å². The molecule has 0 aromatic heterocycles. The quantitative estimate of drug-likeness (QED) is 0.472. The highest BCUT2D eigenvalue weighted by Gasteiger charge is 2.23. The zero-order valence-corrected chi connectivity index (χ0v) is 14.4. The highest BCUT2D eigenvalue weighted by atomic mass is 16.6. The van der Waals surface area contributed by atoms with E-state index in [-0.39, 0.29) is 17.0 Å². The number of hydrogen-bond donors (Lipinski definition) is 2. The summed E-state index contributed by atoms with van der Waals surface area (Å²) in [5, 5.41) is 24.9. The molecule has 2 N–H and O–H groups in total. The number of morpholine rings is 1. The maximum atomic E-state index is 12.2. The fraction of sp³-hybridized carbons (Fsp3) is 0.222. The average molecular weight is 370 g/mol. The van der Waals surface area contributed by atoms with Crippen LogP contribution >= 0.6 is 0 Å². The van der Waals surface area contributed by atoms with E-state index in [1.807, 2.05) is 4.90 Å². The maximum absolute atomic E-state index is 12.2. The lowest BCUT2D eigenvalue weighted by molar-refractivity contribution is -0.384. The third-order valence-electron chi connectivity index (χ3n) is 4.09. The minimum Gasteiger partial charge on any atom is -0.507 e. The molecule has 0 bridgehead atoms. The summed E-state index contributed by atoms with van der Waals surface area (Å²) >= 11 is 0. The number of aromatic hydroxyl groups is 1. The molecule has 1 amide bonds. The number of hydrazone groups is 1. The van der Waals surface area contributed by atoms with Crippen LogP contribution < -0.4 is 10.3 Å². The highest BCUT2D eigenvalue weighted by Crippen LogP contribution is 2.29. The van der Waals surface area contributed by atoms with Crippen molar-refractivity contribution in [3.05, 3.63) is 63.7 Å². The van der Waals surface area contributed by atoms with Crippen molar-refractivity contribution in [1.29, 1.82) is 0 Å². The third kappa shape index (κ3) is 4.39. The number of anilines is 1. The number of carbonyl (C=O) groups is 1. The summed E-state index contributed by atoms with van der Waals surface area (Å²) in [5.41, 5.74) is 3.17. The summed E-state index contributed by atoms with van der Waals surface area (Å²) < 4.78 is 5.26. The van der Waals surface area contributed by atoms with Gasteiger partial charge in [-0.25, -0.2) is 5.43 Å². The predicted octanol–water partition coefficient (Wildman–Crippen LogP) is 1.90. The van der Waals surface area contributed by atoms with Crippen LogP contribution in [0.2, 0.25) is 0 Å². The number of amides is 1. The molecule has 0 radical (unpaired) electrons. The molecular weight excluding hydrogens is 352 g/mol. The van der Waals surface area contributed by atoms with Crippen molar-refractivity contribution >= 4 is 23.5 Å². The van der Waals surface area contributed by atoms with Gasteiger partial charge in [-0.3, -0.25) is 14.9 Å². The molecule has 2 aromatic rings. The first-order chi connectivity index (χ1) is 13.1. The minimum absolute atomic E-state index is 0.0287. The van der Waals surface area contributed by atoms with Gasteiger partial charge in [-0.1, -0.05) is 12.1 Å². The van der Waals surface area contributed by atoms with Gasteiger partial charge >= 0.3 is 0 Å². The largest absolute Gasteiger partial charge is 0.507 e. The van der Waals surface area contributed by atoms with E-state index < -0.39 is 10.8 Å². The van der Waals surface area contributed by atoms with Gasteiger partial charge in [-0.15, -0.1) is 0 Å². The number of phenols is 1. The van der Waals surface area contributed by atoms with E-state index in [1.165, 1.54) is 24.4 Å². The van der Waals surface area contributed by atoms with Crippen LogP contribution in [-0.4, -0.2) is 48.5 Å². The number of carbonyl (C=O) groups excluding carboxylic acids is 1. The van der Waals surface area contributed by atoms with Crippen LogP contribution in [0.5, 0.6) is 5.75 Å². The summed E-state index contributed by atoms with van der Waals surface area (Å²) in [6.07, 6.45) is 1.30. The summed E-state index contributed by atoms with van der Waals surface area (Å²) in [6.45, 7) is 2.11. The fourth-order valence-electron chi connectivity index (χ4n) is 2.70. The number of rotatable bonds is 5. The Hall–Kier alpha value is -3.46. The molecule has 140 valence electrons. The Balaban J connectivity index is 1.75. The molecule has 0 aliphatic carbocycles. The van der Waals surface area contributed by atoms with Crippen LogP contribution in [-0.2, 0) is 4.74 Å². The van der Waals surface area contributed by atoms with E-state index >= 15 is 0 Å². The number of phenolic OH excluding ortho intramolecular Hbond substituents is 1. The van der Waals surface area contributed by atoms with Gasteiger partial charge in [0.15, 0.2) is 0 Å². The molecule has 1 heterocycles. The molecule has 9 nitrogen and oxygen atoms in total. The van der Waals surface area contributed by atoms with Crippen LogP contribution in [0.3, 0.4) is 0 Å². The fourth-order valence-corrected chi connectivity index (χ4v) is 2.70. The van der Waals surface area contributed by atoms with Crippen LogP contribution in [0.15, 0.2) is 47.6 Å². The summed E-state index contributed by atoms with van der Waals surface area (Å²) in [6, 6.07) is 10.8. The second-order valence-electron chi connectivity index (χ2n) is 5.82. The standard InChI is InChI=1S/C18H18N4O5/c23-17-4-2-1-3-14(17)12-19-20-18(24)13-5-6-15(16(11-13)22(25)26)21-7-9-27-10-8-21/h1-6,11-12,23H,7-10H2,(H,20,24)/b19-12-. The Kier molecular flexibility index (Phi) is 5.62. The van der Waals surface area contributed by atoms with E-state index in [4.69, 9.17) is 4.74 Å². The van der Waals surface area contributed by atoms with Crippen molar-refractivity contribution in [2.24, 2.45) is 5.10 Å². The molecule has 9 heteroatoms. The summed E-state index contributed by atoms with van der Waals surface area (Å²) in [5.74, 6) is -0.556. The first-order valence-electron chi connectivity index (χ1n) is 8.29. The topological polar surface area (TPSA) is 117 Å². The molecule has 2 aromatic carbocycles. The SMILES string of the molecule is O=C(N/N=C\c1ccccc1O)c1ccc(N2CCOCC2)c([N+](=O)[O-])c1. The summed E-state index contributed by atoms with van der Waals surface area (Å²) in [7, 11) is 0. The molecule has 0 unspecified atom stereocenters. The van der Waals surface area contributed by atoms with Gasteiger partial charge < -0.3 is 14.7 Å². The zero-order valence-electron chi connectivity index (χ0n) is 14.4. The highest BCUT2D eigenvalue weighted by molar-refractivity contribution is 5.96. The normalized spacial score (nSPS) is 14.3. The monoisotopic (exact) mass is 370 g/mol. The lowest BCUT2D eigenvalue weighted by Gasteiger charge is -2.28. The number of benzene rings is 2. The average Bonchev–Trinajstić information content (AvgIpc) is 2.69. The molecule has 3 rings (SSSR count). The second-order valence-corrected chi connectivity index (χ2v) is 5.82. The van der Waals surface area contributed by atoms with Crippen LogP contribution in [0.4, 0.5) is 11.4 Å². The lowest BCUT2D eigenvalue weighted by atomic mass is 10.1. The van der Waals surface area contributed by atoms with Crippen molar-refractivity contribution in [3.8, 4) is 5.75 Å². The Morgan fingerprint density at radius 2 is 2.00 bits per heavy atom. The number of nitrogens with zero attached hydrogens (tertiary/aromatic N) is 3. The summed E-state index contributed by atoms with van der Waals surface area (Å²) in [4.78, 5) is 25.0. The van der Waals surface area contributed by atoms with Gasteiger partial charge in [-0.2, -0.15) is 5.10 Å². The number of hydrogen-bond acceptors (Lipinski definition) is 7. The van der Waals surface area contributed by atoms with E-state index in [0.717, 1.165) is 0 Å². The maximum Gasteiger partial charge on any atom is 0.293 e. The number of nitro benzene ring substituents is 1. The second kappa shape index (κ2) is 8.28. The van der Waals surface area contributed by atoms with E-state index in [1.54, 1.807) is 24.3 Å². The Bertz CT molecular complexity index is 878. The first-order valence-corrected chi connectivity index (χ1v) is 8.29. The molecule has 0 spiro atoms. The zero-order chi connectivity index (χ0) is 19.2. The molecule has 1 saturated heterocycles. The molecule has 27 heavy (non-hydrogen) atoms. The van der Waals surface area contributed by atoms with Crippen LogP contribution in [0, 0.1) is 10.1 Å². The molecule has 1 fully saturated rings. The van der Waals surface area contributed by atoms with E-state index in [2.05, 4.69) is 10.5 Å². The first kappa shape index (κ1) is 18.3. The molecule has 0 saturated carbocycles. The van der Waals surface area contributed by atoms with Crippen molar-refractivity contribution in [2.45, 2.75) is 0 Å². The van der Waals surface area contributed by atoms with Gasteiger partial charge in [-0.05, 0) is 24.3 Å². The minimum atomic E-state index is -0.585. The van der Waals surface area contributed by atoms with Gasteiger partial charge in [0.2, 0.25) is 0 Å². The van der Waals surface area contributed by atoms with Crippen molar-refractivity contribution in [3.63, 3.8) is 0 Å². The predicted molar refractivity (Wildman–Crippen MR) is 99.3 cm³/mol. The van der Waals surface area contributed by atoms with Crippen molar-refractivity contribution in [1.82, 2.24) is 5.43 Å². The molecule has 0 atom stereocenters. The molecule has 1 aliphatic heterocycles. The molecule has 1 aliphatic rings. The third-order valence-corrected chi connectivity index (χ3v) is 4.09. The van der Waals surface area contributed by atoms with Gasteiger partial charge in [0.05, 0.1) is 24.4 Å². The number of ether oxygens (including phenoxy) is 1. The van der Waals surface area contributed by atoms with E-state index in [9.17, 15) is 20.0 Å². The number of para-hydroxylation sites is 1. The van der Waals surface area contributed by atoms with Crippen LogP contribution in [0.1, 0.15) is 15.9 Å². The smallest absolute Gasteiger partial charge is 0.293 e. The van der Waals surface area contributed by atoms with Crippen molar-refractivity contribution < 1.29 is 19.6 Å². The molecular formula is C18H18N4O5. The Morgan fingerprint density at radius 3 is 2.70 bits per heavy atom. The Labute approximate surface area is 155 Å². The van der Waals surface area contributed by atoms with Crippen LogP contribution in [0.25, 0.3) is 0 Å². The lowest BCUT2D eigenvalue weighted by Crippen LogP contribution is -2.36. The van der Waals surface area contributed by atoms with Gasteiger partial charge in [0.1, 0.15) is 11.4 Å². The Morgan fingerprint density at radius 1 is 1.26 bits per heavy atom.